The number of aldehydes is 1. The van der Waals surface area contributed by atoms with Gasteiger partial charge in [0.2, 0.25) is 0 Å². The molecule has 0 heterocycles. The van der Waals surface area contributed by atoms with Crippen molar-refractivity contribution in [2.24, 2.45) is 0 Å². The Kier molecular flexibility index (Phi) is 5.08. The van der Waals surface area contributed by atoms with E-state index in [-0.39, 0.29) is 0 Å². The molecule has 0 bridgehead atoms. The maximum absolute atomic E-state index is 10.5. The van der Waals surface area contributed by atoms with Crippen molar-refractivity contribution in [1.29, 1.82) is 0 Å². The lowest BCUT2D eigenvalue weighted by Gasteiger charge is -2.00. The highest BCUT2D eigenvalue weighted by molar-refractivity contribution is 5.75. The van der Waals surface area contributed by atoms with E-state index in [1.807, 2.05) is 54.6 Å². The Morgan fingerprint density at radius 3 is 2.26 bits per heavy atom. The number of ether oxygens (including phenoxy) is 1. The van der Waals surface area contributed by atoms with Gasteiger partial charge < -0.3 is 4.74 Å². The Hall–Kier alpha value is -2.19. The van der Waals surface area contributed by atoms with Gasteiger partial charge in [-0.05, 0) is 11.1 Å². The molecule has 0 aromatic heterocycles. The van der Waals surface area contributed by atoms with Gasteiger partial charge in [0.05, 0.1) is 13.2 Å². The van der Waals surface area contributed by atoms with Gasteiger partial charge in [-0.3, -0.25) is 4.79 Å². The van der Waals surface area contributed by atoms with Gasteiger partial charge in [0.1, 0.15) is 6.29 Å². The first-order valence-electron chi connectivity index (χ1n) is 6.22. The monoisotopic (exact) mass is 252 g/mol. The topological polar surface area (TPSA) is 26.3 Å². The van der Waals surface area contributed by atoms with Crippen LogP contribution in [0.15, 0.2) is 60.7 Å². The molecule has 0 aliphatic rings. The molecule has 0 saturated heterocycles. The molecule has 0 amide bonds. The lowest BCUT2D eigenvalue weighted by molar-refractivity contribution is 0.112. The third-order valence-electron chi connectivity index (χ3n) is 2.71. The smallest absolute Gasteiger partial charge is 0.150 e. The predicted octanol–water partition coefficient (Wildman–Crippen LogP) is 3.73. The average molecular weight is 252 g/mol. The van der Waals surface area contributed by atoms with E-state index in [2.05, 4.69) is 0 Å². The van der Waals surface area contributed by atoms with Gasteiger partial charge in [-0.2, -0.15) is 0 Å². The first kappa shape index (κ1) is 13.2. The Balaban J connectivity index is 1.75. The van der Waals surface area contributed by atoms with Crippen molar-refractivity contribution in [3.63, 3.8) is 0 Å². The van der Waals surface area contributed by atoms with E-state index in [1.54, 1.807) is 12.1 Å². The quantitative estimate of drug-likeness (QED) is 0.578. The molecule has 0 aliphatic carbocycles. The molecule has 0 fully saturated rings. The third kappa shape index (κ3) is 4.53. The van der Waals surface area contributed by atoms with Gasteiger partial charge >= 0.3 is 0 Å². The fourth-order valence-corrected chi connectivity index (χ4v) is 1.69. The maximum Gasteiger partial charge on any atom is 0.150 e. The molecule has 19 heavy (non-hydrogen) atoms. The number of rotatable bonds is 6. The maximum atomic E-state index is 10.5. The second-order valence-corrected chi connectivity index (χ2v) is 4.19. The standard InChI is InChI=1S/C17H16O2/c18-13-16-10-8-15(9-11-16)7-4-12-19-14-17-5-2-1-3-6-17/h1-11,13H,12,14H2. The van der Waals surface area contributed by atoms with Gasteiger partial charge in [-0.1, -0.05) is 66.7 Å². The molecule has 0 atom stereocenters. The van der Waals surface area contributed by atoms with Crippen LogP contribution in [0.4, 0.5) is 0 Å². The van der Waals surface area contributed by atoms with E-state index >= 15 is 0 Å². The highest BCUT2D eigenvalue weighted by atomic mass is 16.5. The van der Waals surface area contributed by atoms with E-state index in [0.29, 0.717) is 18.8 Å². The van der Waals surface area contributed by atoms with Gasteiger partial charge in [0.25, 0.3) is 0 Å². The van der Waals surface area contributed by atoms with E-state index in [0.717, 1.165) is 11.8 Å². The average Bonchev–Trinajstić information content (AvgIpc) is 2.49. The predicted molar refractivity (Wildman–Crippen MR) is 77.0 cm³/mol. The zero-order chi connectivity index (χ0) is 13.3. The number of hydrogen-bond acceptors (Lipinski definition) is 2. The SMILES string of the molecule is O=Cc1ccc(C=CCOCc2ccccc2)cc1. The van der Waals surface area contributed by atoms with Crippen LogP contribution in [0.25, 0.3) is 6.08 Å². The van der Waals surface area contributed by atoms with Crippen LogP contribution in [0.2, 0.25) is 0 Å². The number of carbonyl (C=O) groups is 1. The van der Waals surface area contributed by atoms with Crippen LogP contribution in [0.3, 0.4) is 0 Å². The summed E-state index contributed by atoms with van der Waals surface area (Å²) in [7, 11) is 0. The van der Waals surface area contributed by atoms with Crippen molar-refractivity contribution < 1.29 is 9.53 Å². The zero-order valence-corrected chi connectivity index (χ0v) is 10.7. The van der Waals surface area contributed by atoms with Crippen LogP contribution < -0.4 is 0 Å². The first-order valence-corrected chi connectivity index (χ1v) is 6.22. The normalized spacial score (nSPS) is 10.7. The molecule has 0 saturated carbocycles. The number of hydrogen-bond donors (Lipinski definition) is 0. The molecule has 0 N–H and O–H groups in total. The van der Waals surface area contributed by atoms with E-state index in [4.69, 9.17) is 4.74 Å². The largest absolute Gasteiger partial charge is 0.373 e. The van der Waals surface area contributed by atoms with Crippen molar-refractivity contribution in [3.05, 3.63) is 77.4 Å². The summed E-state index contributed by atoms with van der Waals surface area (Å²) in [6.07, 6.45) is 4.80. The molecule has 2 rings (SSSR count). The second kappa shape index (κ2) is 7.29. The summed E-state index contributed by atoms with van der Waals surface area (Å²) in [5, 5.41) is 0. The zero-order valence-electron chi connectivity index (χ0n) is 10.7. The molecular formula is C17H16O2. The highest BCUT2D eigenvalue weighted by Crippen LogP contribution is 2.05. The van der Waals surface area contributed by atoms with Crippen LogP contribution in [-0.4, -0.2) is 12.9 Å². The lowest BCUT2D eigenvalue weighted by atomic mass is 10.1. The van der Waals surface area contributed by atoms with Crippen molar-refractivity contribution in [1.82, 2.24) is 0 Å². The molecule has 0 unspecified atom stereocenters. The molecular weight excluding hydrogens is 236 g/mol. The second-order valence-electron chi connectivity index (χ2n) is 4.19. The van der Waals surface area contributed by atoms with Crippen LogP contribution in [0.1, 0.15) is 21.5 Å². The molecule has 0 spiro atoms. The molecule has 96 valence electrons. The molecule has 2 heteroatoms. The molecule has 0 aliphatic heterocycles. The fraction of sp³-hybridized carbons (Fsp3) is 0.118. The minimum atomic E-state index is 0.574. The van der Waals surface area contributed by atoms with Gasteiger partial charge in [-0.15, -0.1) is 0 Å². The fourth-order valence-electron chi connectivity index (χ4n) is 1.69. The Labute approximate surface area is 113 Å². The number of carbonyl (C=O) groups excluding carboxylic acids is 1. The minimum absolute atomic E-state index is 0.574. The Bertz CT molecular complexity index is 527. The summed E-state index contributed by atoms with van der Waals surface area (Å²) in [5.41, 5.74) is 2.93. The van der Waals surface area contributed by atoms with Crippen LogP contribution >= 0.6 is 0 Å². The third-order valence-corrected chi connectivity index (χ3v) is 2.71. The minimum Gasteiger partial charge on any atom is -0.373 e. The first-order chi connectivity index (χ1) is 9.38. The van der Waals surface area contributed by atoms with Crippen molar-refractivity contribution in [2.75, 3.05) is 6.61 Å². The summed E-state index contributed by atoms with van der Waals surface area (Å²) in [6, 6.07) is 17.5. The summed E-state index contributed by atoms with van der Waals surface area (Å²) < 4.78 is 5.54. The van der Waals surface area contributed by atoms with Crippen LogP contribution in [-0.2, 0) is 11.3 Å². The summed E-state index contributed by atoms with van der Waals surface area (Å²) >= 11 is 0. The number of benzene rings is 2. The Morgan fingerprint density at radius 1 is 0.895 bits per heavy atom. The van der Waals surface area contributed by atoms with Crippen molar-refractivity contribution in [3.8, 4) is 0 Å². The Morgan fingerprint density at radius 2 is 1.58 bits per heavy atom. The van der Waals surface area contributed by atoms with Crippen molar-refractivity contribution >= 4 is 12.4 Å². The van der Waals surface area contributed by atoms with Crippen LogP contribution in [0.5, 0.6) is 0 Å². The van der Waals surface area contributed by atoms with E-state index in [1.165, 1.54) is 5.56 Å². The summed E-state index contributed by atoms with van der Waals surface area (Å²) in [5.74, 6) is 0. The van der Waals surface area contributed by atoms with E-state index < -0.39 is 0 Å². The highest BCUT2D eigenvalue weighted by Gasteiger charge is 1.91. The summed E-state index contributed by atoms with van der Waals surface area (Å²) in [4.78, 5) is 10.5. The van der Waals surface area contributed by atoms with Gasteiger partial charge in [0, 0.05) is 5.56 Å². The van der Waals surface area contributed by atoms with Crippen molar-refractivity contribution in [2.45, 2.75) is 6.61 Å². The lowest BCUT2D eigenvalue weighted by Crippen LogP contribution is -1.92. The summed E-state index contributed by atoms with van der Waals surface area (Å²) in [6.45, 7) is 1.19. The molecule has 0 radical (unpaired) electrons. The van der Waals surface area contributed by atoms with E-state index in [9.17, 15) is 4.79 Å². The molecule has 2 aromatic carbocycles. The van der Waals surface area contributed by atoms with Crippen LogP contribution in [0, 0.1) is 0 Å². The molecule has 2 nitrogen and oxygen atoms in total. The van der Waals surface area contributed by atoms with Gasteiger partial charge in [0.15, 0.2) is 0 Å². The molecule has 2 aromatic rings. The van der Waals surface area contributed by atoms with Gasteiger partial charge in [-0.25, -0.2) is 0 Å².